The lowest BCUT2D eigenvalue weighted by Gasteiger charge is -2.03. The minimum atomic E-state index is -0.0796. The first-order chi connectivity index (χ1) is 7.75. The molecule has 2 nitrogen and oxygen atoms in total. The number of hydrogen-bond donors (Lipinski definition) is 2. The van der Waals surface area contributed by atoms with Crippen LogP contribution in [0.5, 0.6) is 11.5 Å². The standard InChI is InChI=1S/C13H12O2S/c14-12-7-6-11(8-13(12)15)16-9-10-4-2-1-3-5-10/h1-8,14-15H,9H2. The van der Waals surface area contributed by atoms with Crippen molar-refractivity contribution in [2.45, 2.75) is 10.6 Å². The Balaban J connectivity index is 2.03. The van der Waals surface area contributed by atoms with Gasteiger partial charge in [-0.25, -0.2) is 0 Å². The summed E-state index contributed by atoms with van der Waals surface area (Å²) in [5, 5.41) is 18.5. The normalized spacial score (nSPS) is 10.2. The first-order valence-electron chi connectivity index (χ1n) is 4.94. The molecule has 2 aromatic rings. The summed E-state index contributed by atoms with van der Waals surface area (Å²) < 4.78 is 0. The fraction of sp³-hybridized carbons (Fsp3) is 0.0769. The summed E-state index contributed by atoms with van der Waals surface area (Å²) in [5.41, 5.74) is 1.24. The fourth-order valence-corrected chi connectivity index (χ4v) is 2.22. The lowest BCUT2D eigenvalue weighted by Crippen LogP contribution is -1.79. The lowest BCUT2D eigenvalue weighted by atomic mass is 10.2. The van der Waals surface area contributed by atoms with Gasteiger partial charge in [-0.2, -0.15) is 0 Å². The van der Waals surface area contributed by atoms with Gasteiger partial charge in [0.15, 0.2) is 11.5 Å². The molecule has 3 heteroatoms. The Morgan fingerprint density at radius 1 is 0.875 bits per heavy atom. The van der Waals surface area contributed by atoms with Crippen molar-refractivity contribution in [3.63, 3.8) is 0 Å². The third-order valence-corrected chi connectivity index (χ3v) is 3.26. The molecular weight excluding hydrogens is 220 g/mol. The minimum Gasteiger partial charge on any atom is -0.504 e. The Bertz CT molecular complexity index is 469. The van der Waals surface area contributed by atoms with E-state index in [1.807, 2.05) is 18.2 Å². The van der Waals surface area contributed by atoms with Gasteiger partial charge in [-0.05, 0) is 23.8 Å². The summed E-state index contributed by atoms with van der Waals surface area (Å²) in [5.74, 6) is 0.701. The number of hydrogen-bond acceptors (Lipinski definition) is 3. The first-order valence-corrected chi connectivity index (χ1v) is 5.93. The van der Waals surface area contributed by atoms with E-state index in [1.54, 1.807) is 23.9 Å². The summed E-state index contributed by atoms with van der Waals surface area (Å²) in [6.45, 7) is 0. The maximum Gasteiger partial charge on any atom is 0.158 e. The molecule has 16 heavy (non-hydrogen) atoms. The Hall–Kier alpha value is -1.61. The molecule has 0 spiro atoms. The Kier molecular flexibility index (Phi) is 3.37. The van der Waals surface area contributed by atoms with Crippen LogP contribution in [0.25, 0.3) is 0 Å². The lowest BCUT2D eigenvalue weighted by molar-refractivity contribution is 0.402. The van der Waals surface area contributed by atoms with Crippen LogP contribution in [0, 0.1) is 0 Å². The van der Waals surface area contributed by atoms with Crippen molar-refractivity contribution in [2.75, 3.05) is 0 Å². The molecule has 0 atom stereocenters. The van der Waals surface area contributed by atoms with Crippen LogP contribution in [-0.2, 0) is 5.75 Å². The SMILES string of the molecule is Oc1ccc(SCc2ccccc2)cc1O. The molecule has 2 N–H and O–H groups in total. The highest BCUT2D eigenvalue weighted by Crippen LogP contribution is 2.31. The topological polar surface area (TPSA) is 40.5 Å². The second-order valence-electron chi connectivity index (χ2n) is 3.42. The second-order valence-corrected chi connectivity index (χ2v) is 4.47. The smallest absolute Gasteiger partial charge is 0.158 e. The third kappa shape index (κ3) is 2.70. The zero-order chi connectivity index (χ0) is 11.4. The van der Waals surface area contributed by atoms with Gasteiger partial charge in [0, 0.05) is 10.6 Å². The summed E-state index contributed by atoms with van der Waals surface area (Å²) in [7, 11) is 0. The van der Waals surface area contributed by atoms with Gasteiger partial charge in [0.05, 0.1) is 0 Å². The molecule has 82 valence electrons. The zero-order valence-corrected chi connectivity index (χ0v) is 9.45. The van der Waals surface area contributed by atoms with Crippen molar-refractivity contribution in [2.24, 2.45) is 0 Å². The van der Waals surface area contributed by atoms with Gasteiger partial charge < -0.3 is 10.2 Å². The predicted octanol–water partition coefficient (Wildman–Crippen LogP) is 3.39. The van der Waals surface area contributed by atoms with Gasteiger partial charge in [0.1, 0.15) is 0 Å². The number of benzene rings is 2. The summed E-state index contributed by atoms with van der Waals surface area (Å²) >= 11 is 1.63. The molecule has 0 bridgehead atoms. The number of aromatic hydroxyl groups is 2. The summed E-state index contributed by atoms with van der Waals surface area (Å²) in [6.07, 6.45) is 0. The van der Waals surface area contributed by atoms with E-state index >= 15 is 0 Å². The van der Waals surface area contributed by atoms with Crippen molar-refractivity contribution in [3.8, 4) is 11.5 Å². The maximum absolute atomic E-state index is 9.33. The van der Waals surface area contributed by atoms with Crippen LogP contribution in [-0.4, -0.2) is 10.2 Å². The van der Waals surface area contributed by atoms with Crippen LogP contribution in [0.15, 0.2) is 53.4 Å². The van der Waals surface area contributed by atoms with E-state index in [1.165, 1.54) is 11.6 Å². The fourth-order valence-electron chi connectivity index (χ4n) is 1.33. The largest absolute Gasteiger partial charge is 0.504 e. The molecule has 2 aromatic carbocycles. The van der Waals surface area contributed by atoms with Crippen LogP contribution in [0.2, 0.25) is 0 Å². The molecule has 0 aliphatic heterocycles. The maximum atomic E-state index is 9.33. The highest BCUT2D eigenvalue weighted by Gasteiger charge is 2.01. The molecule has 0 saturated carbocycles. The zero-order valence-electron chi connectivity index (χ0n) is 8.63. The van der Waals surface area contributed by atoms with Crippen molar-refractivity contribution in [3.05, 3.63) is 54.1 Å². The average molecular weight is 232 g/mol. The van der Waals surface area contributed by atoms with Crippen LogP contribution in [0.1, 0.15) is 5.56 Å². The molecule has 0 heterocycles. The van der Waals surface area contributed by atoms with Gasteiger partial charge in [0.2, 0.25) is 0 Å². The molecular formula is C13H12O2S. The molecule has 0 radical (unpaired) electrons. The summed E-state index contributed by atoms with van der Waals surface area (Å²) in [6, 6.07) is 15.0. The van der Waals surface area contributed by atoms with Crippen LogP contribution >= 0.6 is 11.8 Å². The molecule has 0 aromatic heterocycles. The van der Waals surface area contributed by atoms with Crippen LogP contribution in [0.4, 0.5) is 0 Å². The number of rotatable bonds is 3. The minimum absolute atomic E-state index is 0.0712. The molecule has 0 fully saturated rings. The Morgan fingerprint density at radius 3 is 2.31 bits per heavy atom. The molecule has 2 rings (SSSR count). The van der Waals surface area contributed by atoms with E-state index in [-0.39, 0.29) is 11.5 Å². The Morgan fingerprint density at radius 2 is 1.62 bits per heavy atom. The van der Waals surface area contributed by atoms with Gasteiger partial charge >= 0.3 is 0 Å². The quantitative estimate of drug-likeness (QED) is 0.629. The highest BCUT2D eigenvalue weighted by atomic mass is 32.2. The summed E-state index contributed by atoms with van der Waals surface area (Å²) in [4.78, 5) is 0.944. The van der Waals surface area contributed by atoms with E-state index in [0.29, 0.717) is 0 Å². The second kappa shape index (κ2) is 4.94. The van der Waals surface area contributed by atoms with E-state index in [9.17, 15) is 5.11 Å². The van der Waals surface area contributed by atoms with Gasteiger partial charge in [-0.1, -0.05) is 30.3 Å². The van der Waals surface area contributed by atoms with Crippen LogP contribution in [0.3, 0.4) is 0 Å². The monoisotopic (exact) mass is 232 g/mol. The molecule has 0 saturated heterocycles. The predicted molar refractivity (Wildman–Crippen MR) is 65.8 cm³/mol. The van der Waals surface area contributed by atoms with Gasteiger partial charge in [0.25, 0.3) is 0 Å². The van der Waals surface area contributed by atoms with Gasteiger partial charge in [-0.15, -0.1) is 11.8 Å². The van der Waals surface area contributed by atoms with Gasteiger partial charge in [-0.3, -0.25) is 0 Å². The van der Waals surface area contributed by atoms with Crippen molar-refractivity contribution in [1.82, 2.24) is 0 Å². The van der Waals surface area contributed by atoms with Crippen LogP contribution < -0.4 is 0 Å². The van der Waals surface area contributed by atoms with E-state index in [0.717, 1.165) is 10.6 Å². The molecule has 0 unspecified atom stereocenters. The molecule has 0 aliphatic rings. The molecule has 0 amide bonds. The number of phenols is 2. The van der Waals surface area contributed by atoms with Crippen molar-refractivity contribution >= 4 is 11.8 Å². The van der Waals surface area contributed by atoms with E-state index in [2.05, 4.69) is 12.1 Å². The Labute approximate surface area is 98.6 Å². The first kappa shape index (κ1) is 10.9. The number of phenolic OH excluding ortho intramolecular Hbond substituents is 2. The number of thioether (sulfide) groups is 1. The van der Waals surface area contributed by atoms with E-state index < -0.39 is 0 Å². The van der Waals surface area contributed by atoms with Crippen molar-refractivity contribution in [1.29, 1.82) is 0 Å². The molecule has 0 aliphatic carbocycles. The van der Waals surface area contributed by atoms with Crippen molar-refractivity contribution < 1.29 is 10.2 Å². The highest BCUT2D eigenvalue weighted by molar-refractivity contribution is 7.98. The average Bonchev–Trinajstić information content (AvgIpc) is 2.32. The van der Waals surface area contributed by atoms with E-state index in [4.69, 9.17) is 5.11 Å². The third-order valence-electron chi connectivity index (χ3n) is 2.20.